The van der Waals surface area contributed by atoms with Gasteiger partial charge < -0.3 is 37.1 Å². The lowest BCUT2D eigenvalue weighted by Gasteiger charge is -2.31. The third-order valence-corrected chi connectivity index (χ3v) is 9.35. The number of hydrogen-bond donors (Lipinski definition) is 6. The van der Waals surface area contributed by atoms with E-state index in [1.165, 1.54) is 0 Å². The SMILES string of the molecule is CCOC(=O)C1(NC(=O)[C@@H](NC(=O)C[C@H](N)[C@H](Cc2ccccc2)NC(=O)[C@@H](NC(=O)[C@H](CC(C)C)NC(=O)CC(C)C)C(C)C)[C@@H](C)CC)CC1. The molecule has 0 aromatic heterocycles. The third-order valence-electron chi connectivity index (χ3n) is 9.35. The summed E-state index contributed by atoms with van der Waals surface area (Å²) in [4.78, 5) is 79.4. The third kappa shape index (κ3) is 14.2. The first-order valence-electron chi connectivity index (χ1n) is 18.9. The van der Waals surface area contributed by atoms with Gasteiger partial charge in [0.25, 0.3) is 0 Å². The molecule has 0 spiro atoms. The molecule has 1 fully saturated rings. The van der Waals surface area contributed by atoms with Crippen molar-refractivity contribution in [3.63, 3.8) is 0 Å². The Kier molecular flexibility index (Phi) is 17.7. The van der Waals surface area contributed by atoms with Gasteiger partial charge in [-0.1, -0.05) is 92.1 Å². The zero-order valence-electron chi connectivity index (χ0n) is 32.7. The van der Waals surface area contributed by atoms with Crippen LogP contribution in [-0.4, -0.2) is 77.9 Å². The number of benzene rings is 1. The molecule has 0 unspecified atom stereocenters. The van der Waals surface area contributed by atoms with Crippen molar-refractivity contribution in [2.24, 2.45) is 29.4 Å². The highest BCUT2D eigenvalue weighted by molar-refractivity contribution is 5.95. The Labute approximate surface area is 310 Å². The van der Waals surface area contributed by atoms with Crippen LogP contribution in [0, 0.1) is 23.7 Å². The van der Waals surface area contributed by atoms with Crippen LogP contribution in [0.1, 0.15) is 106 Å². The first-order valence-corrected chi connectivity index (χ1v) is 18.9. The smallest absolute Gasteiger partial charge is 0.331 e. The van der Waals surface area contributed by atoms with Gasteiger partial charge in [0.15, 0.2) is 0 Å². The summed E-state index contributed by atoms with van der Waals surface area (Å²) in [5.41, 5.74) is 6.47. The van der Waals surface area contributed by atoms with E-state index in [0.29, 0.717) is 32.1 Å². The molecule has 6 atom stereocenters. The van der Waals surface area contributed by atoms with Gasteiger partial charge >= 0.3 is 5.97 Å². The van der Waals surface area contributed by atoms with E-state index in [9.17, 15) is 28.8 Å². The molecule has 0 saturated heterocycles. The van der Waals surface area contributed by atoms with E-state index in [-0.39, 0.29) is 49.0 Å². The van der Waals surface area contributed by atoms with E-state index in [1.807, 2.05) is 85.7 Å². The first-order chi connectivity index (χ1) is 24.4. The number of hydrogen-bond acceptors (Lipinski definition) is 8. The molecule has 0 aliphatic heterocycles. The molecule has 292 valence electrons. The van der Waals surface area contributed by atoms with Gasteiger partial charge in [0.2, 0.25) is 29.5 Å². The van der Waals surface area contributed by atoms with Gasteiger partial charge in [-0.05, 0) is 61.8 Å². The largest absolute Gasteiger partial charge is 0.464 e. The van der Waals surface area contributed by atoms with E-state index in [2.05, 4.69) is 26.6 Å². The Hall–Kier alpha value is -4.00. The van der Waals surface area contributed by atoms with Crippen LogP contribution in [0.5, 0.6) is 0 Å². The topological polar surface area (TPSA) is 198 Å². The van der Waals surface area contributed by atoms with Gasteiger partial charge in [-0.2, -0.15) is 0 Å². The summed E-state index contributed by atoms with van der Waals surface area (Å²) in [5.74, 6) is -2.92. The fourth-order valence-electron chi connectivity index (χ4n) is 5.94. The summed E-state index contributed by atoms with van der Waals surface area (Å²) in [6.07, 6.45) is 2.29. The van der Waals surface area contributed by atoms with Crippen LogP contribution in [0.4, 0.5) is 0 Å². The van der Waals surface area contributed by atoms with Gasteiger partial charge in [-0.25, -0.2) is 4.79 Å². The highest BCUT2D eigenvalue weighted by Crippen LogP contribution is 2.37. The summed E-state index contributed by atoms with van der Waals surface area (Å²) in [6, 6.07) is 5.13. The molecular weight excluding hydrogens is 664 g/mol. The number of ether oxygens (including phenoxy) is 1. The normalized spacial score (nSPS) is 16.9. The number of esters is 1. The second kappa shape index (κ2) is 20.9. The summed E-state index contributed by atoms with van der Waals surface area (Å²) in [5, 5.41) is 14.3. The van der Waals surface area contributed by atoms with E-state index >= 15 is 0 Å². The molecule has 0 bridgehead atoms. The van der Waals surface area contributed by atoms with Crippen molar-refractivity contribution in [3.05, 3.63) is 35.9 Å². The molecule has 52 heavy (non-hydrogen) atoms. The Morgan fingerprint density at radius 1 is 0.750 bits per heavy atom. The zero-order valence-corrected chi connectivity index (χ0v) is 32.7. The van der Waals surface area contributed by atoms with Crippen LogP contribution in [-0.2, 0) is 39.9 Å². The van der Waals surface area contributed by atoms with Crippen molar-refractivity contribution in [1.82, 2.24) is 26.6 Å². The van der Waals surface area contributed by atoms with Crippen molar-refractivity contribution in [1.29, 1.82) is 0 Å². The monoisotopic (exact) mass is 728 g/mol. The van der Waals surface area contributed by atoms with Crippen molar-refractivity contribution in [3.8, 4) is 0 Å². The Morgan fingerprint density at radius 2 is 1.37 bits per heavy atom. The minimum atomic E-state index is -1.07. The number of carbonyl (C=O) groups excluding carboxylic acids is 6. The number of carbonyl (C=O) groups is 6. The predicted octanol–water partition coefficient (Wildman–Crippen LogP) is 2.89. The molecule has 1 aromatic carbocycles. The molecular formula is C39H64N6O7. The first kappa shape index (κ1) is 44.2. The Morgan fingerprint density at radius 3 is 1.88 bits per heavy atom. The van der Waals surface area contributed by atoms with Crippen LogP contribution in [0.15, 0.2) is 30.3 Å². The molecule has 13 heteroatoms. The number of amides is 5. The van der Waals surface area contributed by atoms with Crippen molar-refractivity contribution in [2.45, 2.75) is 143 Å². The van der Waals surface area contributed by atoms with Gasteiger partial charge in [-0.3, -0.25) is 24.0 Å². The maximum absolute atomic E-state index is 13.9. The summed E-state index contributed by atoms with van der Waals surface area (Å²) < 4.78 is 5.15. The highest BCUT2D eigenvalue weighted by atomic mass is 16.5. The van der Waals surface area contributed by atoms with E-state index in [1.54, 1.807) is 6.92 Å². The van der Waals surface area contributed by atoms with Gasteiger partial charge in [0.1, 0.15) is 23.7 Å². The molecule has 1 aliphatic carbocycles. The van der Waals surface area contributed by atoms with E-state index in [0.717, 1.165) is 5.56 Å². The molecule has 0 heterocycles. The minimum Gasteiger partial charge on any atom is -0.464 e. The standard InChI is InChI=1S/C39H64N6O7/c1-10-26(9)34(37(50)45-39(17-18-39)38(51)52-11-2)43-32(47)22-28(40)29(21-27-15-13-12-14-16-27)42-36(49)33(25(7)8)44-35(48)30(19-23(3)4)41-31(46)20-24(5)6/h12-16,23-26,28-30,33-34H,10-11,17-22,40H2,1-9H3,(H,41,46)(H,42,49)(H,43,47)(H,44,48)(H,45,50)/t26-,28-,29-,30-,33-,34-/m0/s1. The van der Waals surface area contributed by atoms with Gasteiger partial charge in [0.05, 0.1) is 6.61 Å². The average Bonchev–Trinajstić information content (AvgIpc) is 3.85. The van der Waals surface area contributed by atoms with Crippen LogP contribution in [0.25, 0.3) is 0 Å². The molecule has 1 saturated carbocycles. The lowest BCUT2D eigenvalue weighted by Crippen LogP contribution is -2.60. The maximum atomic E-state index is 13.9. The molecule has 1 aliphatic rings. The van der Waals surface area contributed by atoms with Gasteiger partial charge in [-0.15, -0.1) is 0 Å². The molecule has 5 amide bonds. The lowest BCUT2D eigenvalue weighted by molar-refractivity contribution is -0.149. The summed E-state index contributed by atoms with van der Waals surface area (Å²) in [6.45, 7) is 17.0. The fourth-order valence-corrected chi connectivity index (χ4v) is 5.94. The molecule has 7 N–H and O–H groups in total. The van der Waals surface area contributed by atoms with Crippen LogP contribution in [0.3, 0.4) is 0 Å². The van der Waals surface area contributed by atoms with Crippen molar-refractivity contribution >= 4 is 35.5 Å². The summed E-state index contributed by atoms with van der Waals surface area (Å²) in [7, 11) is 0. The minimum absolute atomic E-state index is 0.110. The molecule has 0 radical (unpaired) electrons. The average molecular weight is 729 g/mol. The number of rotatable bonds is 22. The molecule has 2 rings (SSSR count). The van der Waals surface area contributed by atoms with Crippen LogP contribution < -0.4 is 32.3 Å². The zero-order chi connectivity index (χ0) is 39.2. The van der Waals surface area contributed by atoms with E-state index < -0.39 is 65.3 Å². The van der Waals surface area contributed by atoms with Crippen LogP contribution in [0.2, 0.25) is 0 Å². The quantitative estimate of drug-likeness (QED) is 0.0980. The van der Waals surface area contributed by atoms with Crippen molar-refractivity contribution < 1.29 is 33.5 Å². The Bertz CT molecular complexity index is 1350. The second-order valence-corrected chi connectivity index (χ2v) is 15.5. The van der Waals surface area contributed by atoms with Crippen molar-refractivity contribution in [2.75, 3.05) is 6.61 Å². The molecule has 1 aromatic rings. The highest BCUT2D eigenvalue weighted by Gasteiger charge is 2.53. The number of nitrogens with two attached hydrogens (primary N) is 1. The van der Waals surface area contributed by atoms with Crippen LogP contribution >= 0.6 is 0 Å². The van der Waals surface area contributed by atoms with E-state index in [4.69, 9.17) is 10.5 Å². The lowest BCUT2D eigenvalue weighted by atomic mass is 9.94. The van der Waals surface area contributed by atoms with Gasteiger partial charge in [0, 0.05) is 24.9 Å². The molecule has 13 nitrogen and oxygen atoms in total. The maximum Gasteiger partial charge on any atom is 0.331 e. The number of nitrogens with one attached hydrogen (secondary N) is 5. The fraction of sp³-hybridized carbons (Fsp3) is 0.692. The second-order valence-electron chi connectivity index (χ2n) is 15.5. The predicted molar refractivity (Wildman–Crippen MR) is 200 cm³/mol. The summed E-state index contributed by atoms with van der Waals surface area (Å²) >= 11 is 0. The Balaban J connectivity index is 2.24.